The minimum atomic E-state index is -0.190. The molecule has 1 N–H and O–H groups in total. The molecule has 5 heteroatoms. The Labute approximate surface area is 116 Å². The fraction of sp³-hybridized carbons (Fsp3) is 0.286. The number of nitrogens with one attached hydrogen (secondary N) is 1. The summed E-state index contributed by atoms with van der Waals surface area (Å²) in [5.41, 5.74) is 0.674. The van der Waals surface area contributed by atoms with Gasteiger partial charge in [0.25, 0.3) is 0 Å². The number of halogens is 1. The number of aromatic nitrogens is 2. The van der Waals surface area contributed by atoms with Gasteiger partial charge in [-0.25, -0.2) is 14.4 Å². The summed E-state index contributed by atoms with van der Waals surface area (Å²) in [7, 11) is 0. The van der Waals surface area contributed by atoms with Gasteiger partial charge in [-0.2, -0.15) is 0 Å². The van der Waals surface area contributed by atoms with E-state index in [1.807, 2.05) is 6.07 Å². The molecular weight excluding hydrogens is 261 g/mol. The van der Waals surface area contributed by atoms with Gasteiger partial charge in [-0.15, -0.1) is 0 Å². The van der Waals surface area contributed by atoms with E-state index in [2.05, 4.69) is 22.2 Å². The van der Waals surface area contributed by atoms with Crippen LogP contribution in [0.1, 0.15) is 18.9 Å². The quantitative estimate of drug-likeness (QED) is 0.649. The lowest BCUT2D eigenvalue weighted by atomic mass is 10.2. The van der Waals surface area contributed by atoms with Crippen LogP contribution in [-0.4, -0.2) is 16.5 Å². The molecule has 0 aliphatic carbocycles. The highest BCUT2D eigenvalue weighted by atomic mass is 32.2. The SMILES string of the molecule is CCCNCc1c(F)cccc1Sc1ncccn1. The molecule has 1 heterocycles. The van der Waals surface area contributed by atoms with Crippen LogP contribution in [0.3, 0.4) is 0 Å². The van der Waals surface area contributed by atoms with Crippen molar-refractivity contribution in [3.05, 3.63) is 48.0 Å². The molecule has 1 aromatic carbocycles. The summed E-state index contributed by atoms with van der Waals surface area (Å²) in [6.45, 7) is 3.48. The molecule has 3 nitrogen and oxygen atoms in total. The van der Waals surface area contributed by atoms with Crippen LogP contribution in [0.2, 0.25) is 0 Å². The third-order valence-electron chi connectivity index (χ3n) is 2.55. The first-order valence-corrected chi connectivity index (χ1v) is 7.06. The fourth-order valence-electron chi connectivity index (χ4n) is 1.63. The van der Waals surface area contributed by atoms with Crippen molar-refractivity contribution in [3.63, 3.8) is 0 Å². The van der Waals surface area contributed by atoms with Crippen molar-refractivity contribution in [2.24, 2.45) is 0 Å². The summed E-state index contributed by atoms with van der Waals surface area (Å²) in [5, 5.41) is 3.85. The Kier molecular flexibility index (Phi) is 5.30. The Morgan fingerprint density at radius 2 is 2.00 bits per heavy atom. The molecule has 19 heavy (non-hydrogen) atoms. The lowest BCUT2D eigenvalue weighted by molar-refractivity contribution is 0.578. The lowest BCUT2D eigenvalue weighted by Crippen LogP contribution is -2.15. The maximum atomic E-state index is 13.9. The number of nitrogens with zero attached hydrogens (tertiary/aromatic N) is 2. The van der Waals surface area contributed by atoms with Crippen molar-refractivity contribution in [3.8, 4) is 0 Å². The van der Waals surface area contributed by atoms with E-state index in [0.717, 1.165) is 17.9 Å². The third-order valence-corrected chi connectivity index (χ3v) is 3.54. The van der Waals surface area contributed by atoms with Gasteiger partial charge in [0, 0.05) is 29.4 Å². The number of hydrogen-bond donors (Lipinski definition) is 1. The molecule has 0 atom stereocenters. The van der Waals surface area contributed by atoms with Gasteiger partial charge >= 0.3 is 0 Å². The fourth-order valence-corrected chi connectivity index (χ4v) is 2.50. The van der Waals surface area contributed by atoms with Crippen molar-refractivity contribution in [1.29, 1.82) is 0 Å². The zero-order valence-corrected chi connectivity index (χ0v) is 11.6. The Balaban J connectivity index is 2.17. The molecule has 2 rings (SSSR count). The summed E-state index contributed by atoms with van der Waals surface area (Å²) in [5.74, 6) is -0.190. The van der Waals surface area contributed by atoms with Crippen LogP contribution in [0, 0.1) is 5.82 Å². The molecule has 0 fully saturated rings. The van der Waals surface area contributed by atoms with Gasteiger partial charge in [0.15, 0.2) is 5.16 Å². The van der Waals surface area contributed by atoms with Crippen molar-refractivity contribution in [1.82, 2.24) is 15.3 Å². The molecule has 0 bridgehead atoms. The van der Waals surface area contributed by atoms with E-state index in [4.69, 9.17) is 0 Å². The predicted molar refractivity (Wildman–Crippen MR) is 74.6 cm³/mol. The summed E-state index contributed by atoms with van der Waals surface area (Å²) in [6.07, 6.45) is 4.39. The van der Waals surface area contributed by atoms with Crippen molar-refractivity contribution < 1.29 is 4.39 Å². The van der Waals surface area contributed by atoms with Crippen molar-refractivity contribution >= 4 is 11.8 Å². The highest BCUT2D eigenvalue weighted by Crippen LogP contribution is 2.29. The maximum Gasteiger partial charge on any atom is 0.192 e. The van der Waals surface area contributed by atoms with Gasteiger partial charge < -0.3 is 5.32 Å². The van der Waals surface area contributed by atoms with Crippen LogP contribution in [-0.2, 0) is 6.54 Å². The van der Waals surface area contributed by atoms with Crippen LogP contribution >= 0.6 is 11.8 Å². The van der Waals surface area contributed by atoms with Gasteiger partial charge in [0.05, 0.1) is 0 Å². The molecule has 2 aromatic rings. The molecule has 0 unspecified atom stereocenters. The monoisotopic (exact) mass is 277 g/mol. The second kappa shape index (κ2) is 7.21. The molecule has 0 aliphatic heterocycles. The van der Waals surface area contributed by atoms with Gasteiger partial charge in [0.1, 0.15) is 5.82 Å². The van der Waals surface area contributed by atoms with Gasteiger partial charge in [-0.05, 0) is 42.9 Å². The smallest absolute Gasteiger partial charge is 0.192 e. The Hall–Kier alpha value is -1.46. The van der Waals surface area contributed by atoms with Crippen LogP contribution in [0.4, 0.5) is 4.39 Å². The van der Waals surface area contributed by atoms with Gasteiger partial charge in [0.2, 0.25) is 0 Å². The van der Waals surface area contributed by atoms with E-state index >= 15 is 0 Å². The number of rotatable bonds is 6. The minimum absolute atomic E-state index is 0.190. The molecule has 0 saturated heterocycles. The molecule has 0 amide bonds. The average molecular weight is 277 g/mol. The minimum Gasteiger partial charge on any atom is -0.313 e. The van der Waals surface area contributed by atoms with Crippen LogP contribution in [0.25, 0.3) is 0 Å². The van der Waals surface area contributed by atoms with Crippen molar-refractivity contribution in [2.75, 3.05) is 6.54 Å². The van der Waals surface area contributed by atoms with Gasteiger partial charge in [-0.1, -0.05) is 13.0 Å². The van der Waals surface area contributed by atoms with E-state index in [1.54, 1.807) is 24.5 Å². The molecule has 0 saturated carbocycles. The summed E-state index contributed by atoms with van der Waals surface area (Å²) in [6, 6.07) is 6.86. The molecule has 0 radical (unpaired) electrons. The van der Waals surface area contributed by atoms with Crippen LogP contribution < -0.4 is 5.32 Å². The van der Waals surface area contributed by atoms with E-state index in [1.165, 1.54) is 17.8 Å². The normalized spacial score (nSPS) is 10.6. The van der Waals surface area contributed by atoms with E-state index < -0.39 is 0 Å². The standard InChI is InChI=1S/C14H16FN3S/c1-2-7-16-10-11-12(15)5-3-6-13(11)19-14-17-8-4-9-18-14/h3-6,8-9,16H,2,7,10H2,1H3. The molecule has 100 valence electrons. The summed E-state index contributed by atoms with van der Waals surface area (Å²) < 4.78 is 13.9. The number of hydrogen-bond acceptors (Lipinski definition) is 4. The van der Waals surface area contributed by atoms with Crippen molar-refractivity contribution in [2.45, 2.75) is 29.9 Å². The summed E-state index contributed by atoms with van der Waals surface area (Å²) >= 11 is 1.38. The molecular formula is C14H16FN3S. The molecule has 0 spiro atoms. The molecule has 0 aliphatic rings. The van der Waals surface area contributed by atoms with Gasteiger partial charge in [-0.3, -0.25) is 0 Å². The number of benzene rings is 1. The summed E-state index contributed by atoms with van der Waals surface area (Å²) in [4.78, 5) is 9.16. The zero-order chi connectivity index (χ0) is 13.5. The maximum absolute atomic E-state index is 13.9. The van der Waals surface area contributed by atoms with Crippen LogP contribution in [0.15, 0.2) is 46.7 Å². The Morgan fingerprint density at radius 1 is 1.21 bits per heavy atom. The van der Waals surface area contributed by atoms with E-state index in [-0.39, 0.29) is 5.82 Å². The average Bonchev–Trinajstić information content (AvgIpc) is 2.43. The topological polar surface area (TPSA) is 37.8 Å². The second-order valence-electron chi connectivity index (χ2n) is 4.03. The predicted octanol–water partition coefficient (Wildman–Crippen LogP) is 3.27. The molecule has 1 aromatic heterocycles. The largest absolute Gasteiger partial charge is 0.313 e. The first-order valence-electron chi connectivity index (χ1n) is 6.24. The third kappa shape index (κ3) is 4.01. The van der Waals surface area contributed by atoms with Crippen LogP contribution in [0.5, 0.6) is 0 Å². The van der Waals surface area contributed by atoms with E-state index in [0.29, 0.717) is 17.3 Å². The highest BCUT2D eigenvalue weighted by molar-refractivity contribution is 7.99. The second-order valence-corrected chi connectivity index (χ2v) is 5.04. The first kappa shape index (κ1) is 14.0. The lowest BCUT2D eigenvalue weighted by Gasteiger charge is -2.10. The zero-order valence-electron chi connectivity index (χ0n) is 10.8. The highest BCUT2D eigenvalue weighted by Gasteiger charge is 2.10. The Morgan fingerprint density at radius 3 is 2.74 bits per heavy atom. The first-order chi connectivity index (χ1) is 9.31. The van der Waals surface area contributed by atoms with E-state index in [9.17, 15) is 4.39 Å². The Bertz CT molecular complexity index is 519.